The summed E-state index contributed by atoms with van der Waals surface area (Å²) >= 11 is 5.49. The van der Waals surface area contributed by atoms with Crippen molar-refractivity contribution in [2.45, 2.75) is 45.1 Å². The first-order valence-corrected chi connectivity index (χ1v) is 6.38. The van der Waals surface area contributed by atoms with E-state index in [2.05, 4.69) is 17.6 Å². The molecule has 15 heavy (non-hydrogen) atoms. The highest BCUT2D eigenvalue weighted by atomic mass is 35.5. The van der Waals surface area contributed by atoms with Crippen LogP contribution < -0.4 is 10.6 Å². The maximum absolute atomic E-state index is 11.4. The smallest absolute Gasteiger partial charge is 0.315 e. The Bertz CT molecular complexity index is 193. The second-order valence-corrected chi connectivity index (χ2v) is 4.65. The molecule has 88 valence electrons. The van der Waals surface area contributed by atoms with Crippen LogP contribution in [0, 0.1) is 5.92 Å². The Morgan fingerprint density at radius 1 is 1.40 bits per heavy atom. The second kappa shape index (κ2) is 6.94. The van der Waals surface area contributed by atoms with E-state index in [9.17, 15) is 4.79 Å². The Labute approximate surface area is 96.9 Å². The van der Waals surface area contributed by atoms with Crippen molar-refractivity contribution in [2.24, 2.45) is 5.92 Å². The van der Waals surface area contributed by atoms with Gasteiger partial charge in [0, 0.05) is 18.5 Å². The molecule has 1 saturated carbocycles. The number of alkyl halides is 1. The molecule has 0 heterocycles. The fourth-order valence-corrected chi connectivity index (χ4v) is 2.27. The third-order valence-corrected chi connectivity index (χ3v) is 3.28. The number of nitrogens with one attached hydrogen (secondary N) is 2. The summed E-state index contributed by atoms with van der Waals surface area (Å²) in [6.07, 6.45) is 6.45. The molecule has 0 saturated heterocycles. The van der Waals surface area contributed by atoms with E-state index in [-0.39, 0.29) is 12.1 Å². The van der Waals surface area contributed by atoms with Crippen molar-refractivity contribution in [1.29, 1.82) is 0 Å². The van der Waals surface area contributed by atoms with E-state index in [0.29, 0.717) is 18.3 Å². The molecule has 0 radical (unpaired) electrons. The molecular weight excluding hydrogens is 212 g/mol. The molecule has 1 unspecified atom stereocenters. The van der Waals surface area contributed by atoms with Gasteiger partial charge in [-0.15, -0.1) is 11.6 Å². The van der Waals surface area contributed by atoms with Crippen LogP contribution in [0.3, 0.4) is 0 Å². The summed E-state index contributed by atoms with van der Waals surface area (Å²) in [5.41, 5.74) is 0. The van der Waals surface area contributed by atoms with Crippen molar-refractivity contribution < 1.29 is 4.79 Å². The van der Waals surface area contributed by atoms with Crippen LogP contribution in [0.15, 0.2) is 0 Å². The number of urea groups is 1. The first-order chi connectivity index (χ1) is 7.24. The van der Waals surface area contributed by atoms with Gasteiger partial charge in [0.05, 0.1) is 0 Å². The van der Waals surface area contributed by atoms with Crippen LogP contribution in [0.4, 0.5) is 4.79 Å². The number of hydrogen-bond donors (Lipinski definition) is 2. The van der Waals surface area contributed by atoms with Gasteiger partial charge in [0.25, 0.3) is 0 Å². The predicted molar refractivity (Wildman–Crippen MR) is 63.3 cm³/mol. The van der Waals surface area contributed by atoms with Crippen LogP contribution in [0.5, 0.6) is 0 Å². The number of halogens is 1. The summed E-state index contributed by atoms with van der Waals surface area (Å²) in [7, 11) is 0. The van der Waals surface area contributed by atoms with Gasteiger partial charge in [0.2, 0.25) is 0 Å². The highest BCUT2D eigenvalue weighted by molar-refractivity contribution is 6.18. The Morgan fingerprint density at radius 3 is 2.67 bits per heavy atom. The molecular formula is C11H21ClN2O. The summed E-state index contributed by atoms with van der Waals surface area (Å²) in [4.78, 5) is 11.4. The molecule has 1 aliphatic carbocycles. The van der Waals surface area contributed by atoms with Gasteiger partial charge in [-0.05, 0) is 25.7 Å². The molecule has 4 heteroatoms. The average molecular weight is 233 g/mol. The Morgan fingerprint density at radius 2 is 2.07 bits per heavy atom. The molecule has 0 spiro atoms. The second-order valence-electron chi connectivity index (χ2n) is 4.28. The van der Waals surface area contributed by atoms with Gasteiger partial charge in [-0.2, -0.15) is 0 Å². The normalized spacial score (nSPS) is 19.6. The van der Waals surface area contributed by atoms with Crippen LogP contribution in [0.2, 0.25) is 0 Å². The highest BCUT2D eigenvalue weighted by Crippen LogP contribution is 2.26. The lowest BCUT2D eigenvalue weighted by molar-refractivity contribution is 0.225. The maximum Gasteiger partial charge on any atom is 0.315 e. The van der Waals surface area contributed by atoms with Crippen molar-refractivity contribution in [3.05, 3.63) is 0 Å². The molecule has 0 bridgehead atoms. The lowest BCUT2D eigenvalue weighted by atomic mass is 9.85. The Kier molecular flexibility index (Phi) is 5.84. The molecule has 0 aromatic heterocycles. The third-order valence-electron chi connectivity index (χ3n) is 3.10. The van der Waals surface area contributed by atoms with Crippen molar-refractivity contribution in [1.82, 2.24) is 10.6 Å². The van der Waals surface area contributed by atoms with Gasteiger partial charge < -0.3 is 10.6 Å². The topological polar surface area (TPSA) is 41.1 Å². The monoisotopic (exact) mass is 232 g/mol. The van der Waals surface area contributed by atoms with Gasteiger partial charge >= 0.3 is 6.03 Å². The van der Waals surface area contributed by atoms with Crippen LogP contribution in [0.25, 0.3) is 0 Å². The van der Waals surface area contributed by atoms with Crippen LogP contribution >= 0.6 is 11.6 Å². The summed E-state index contributed by atoms with van der Waals surface area (Å²) in [6, 6.07) is 0.189. The van der Waals surface area contributed by atoms with Crippen molar-refractivity contribution in [2.75, 3.05) is 12.4 Å². The predicted octanol–water partition coefficient (Wildman–Crippen LogP) is 2.49. The van der Waals surface area contributed by atoms with E-state index < -0.39 is 0 Å². The molecule has 0 aromatic carbocycles. The average Bonchev–Trinajstić information content (AvgIpc) is 2.27. The van der Waals surface area contributed by atoms with Crippen LogP contribution in [0.1, 0.15) is 39.0 Å². The summed E-state index contributed by atoms with van der Waals surface area (Å²) in [5, 5.41) is 5.70. The van der Waals surface area contributed by atoms with Gasteiger partial charge in [-0.25, -0.2) is 4.79 Å². The zero-order chi connectivity index (χ0) is 11.1. The highest BCUT2D eigenvalue weighted by Gasteiger charge is 2.20. The number of carbonyl (C=O) groups is 1. The number of amides is 2. The molecule has 1 rings (SSSR count). The molecule has 1 fully saturated rings. The molecule has 2 amide bonds. The summed E-state index contributed by atoms with van der Waals surface area (Å²) in [5.74, 6) is 1.12. The number of carbonyl (C=O) groups excluding carboxylic acids is 1. The first-order valence-electron chi connectivity index (χ1n) is 5.84. The molecule has 1 aliphatic rings. The summed E-state index contributed by atoms with van der Waals surface area (Å²) in [6.45, 7) is 2.63. The lowest BCUT2D eigenvalue weighted by Gasteiger charge is -2.28. The zero-order valence-corrected chi connectivity index (χ0v) is 10.1. The zero-order valence-electron chi connectivity index (χ0n) is 9.39. The van der Waals surface area contributed by atoms with E-state index >= 15 is 0 Å². The van der Waals surface area contributed by atoms with Gasteiger partial charge in [0.15, 0.2) is 0 Å². The molecule has 2 N–H and O–H groups in total. The largest absolute Gasteiger partial charge is 0.337 e. The third kappa shape index (κ3) is 4.74. The standard InChI is InChI=1S/C11H21ClN2O/c1-9(10-5-3-2-4-6-10)14-11(15)13-8-7-12/h9-10H,2-8H2,1H3,(H2,13,14,15). The van der Waals surface area contributed by atoms with Crippen LogP contribution in [-0.2, 0) is 0 Å². The Hall–Kier alpha value is -0.440. The van der Waals surface area contributed by atoms with E-state index in [1.807, 2.05) is 0 Å². The van der Waals surface area contributed by atoms with Crippen molar-refractivity contribution in [3.8, 4) is 0 Å². The van der Waals surface area contributed by atoms with Gasteiger partial charge in [0.1, 0.15) is 0 Å². The minimum absolute atomic E-state index is 0.0891. The van der Waals surface area contributed by atoms with E-state index in [0.717, 1.165) is 0 Å². The van der Waals surface area contributed by atoms with Crippen molar-refractivity contribution >= 4 is 17.6 Å². The van der Waals surface area contributed by atoms with E-state index in [1.165, 1.54) is 32.1 Å². The van der Waals surface area contributed by atoms with Gasteiger partial charge in [-0.3, -0.25) is 0 Å². The van der Waals surface area contributed by atoms with E-state index in [4.69, 9.17) is 11.6 Å². The minimum Gasteiger partial charge on any atom is -0.337 e. The molecule has 1 atom stereocenters. The first kappa shape index (κ1) is 12.6. The Balaban J connectivity index is 2.21. The number of rotatable bonds is 4. The maximum atomic E-state index is 11.4. The lowest BCUT2D eigenvalue weighted by Crippen LogP contribution is -2.44. The van der Waals surface area contributed by atoms with Crippen molar-refractivity contribution in [3.63, 3.8) is 0 Å². The number of hydrogen-bond acceptors (Lipinski definition) is 1. The van der Waals surface area contributed by atoms with E-state index in [1.54, 1.807) is 0 Å². The quantitative estimate of drug-likeness (QED) is 0.719. The van der Waals surface area contributed by atoms with Crippen LogP contribution in [-0.4, -0.2) is 24.5 Å². The SMILES string of the molecule is CC(NC(=O)NCCCl)C1CCCCC1. The molecule has 3 nitrogen and oxygen atoms in total. The molecule has 0 aliphatic heterocycles. The minimum atomic E-state index is -0.0891. The summed E-state index contributed by atoms with van der Waals surface area (Å²) < 4.78 is 0. The van der Waals surface area contributed by atoms with Gasteiger partial charge in [-0.1, -0.05) is 19.3 Å². The fraction of sp³-hybridized carbons (Fsp3) is 0.909. The fourth-order valence-electron chi connectivity index (χ4n) is 2.17. The molecule has 0 aromatic rings.